The highest BCUT2D eigenvalue weighted by Gasteiger charge is 2.35. The first-order chi connectivity index (χ1) is 6.66. The second-order valence-electron chi connectivity index (χ2n) is 3.34. The maximum Gasteiger partial charge on any atom is 0.0704 e. The predicted octanol–water partition coefficient (Wildman–Crippen LogP) is -0.999. The Bertz CT molecular complexity index is 127. The Morgan fingerprint density at radius 2 is 1.57 bits per heavy atom. The van der Waals surface area contributed by atoms with Crippen LogP contribution in [0.5, 0.6) is 0 Å². The third-order valence-corrected chi connectivity index (χ3v) is 2.46. The lowest BCUT2D eigenvalue weighted by Gasteiger charge is -2.33. The third-order valence-electron chi connectivity index (χ3n) is 2.46. The molecular formula is C9H20O5. The Morgan fingerprint density at radius 1 is 1.07 bits per heavy atom. The van der Waals surface area contributed by atoms with Crippen LogP contribution < -0.4 is 0 Å². The standard InChI is InChI=1S/C9H20O5/c1-8(14-4-3-13-2)9(5-10,6-11)7-12/h8,10-12H,3-7H2,1-2H3. The fourth-order valence-corrected chi connectivity index (χ4v) is 1.02. The quantitative estimate of drug-likeness (QED) is 0.446. The van der Waals surface area contributed by atoms with Gasteiger partial charge in [-0.05, 0) is 6.92 Å². The van der Waals surface area contributed by atoms with Crippen molar-refractivity contribution >= 4 is 0 Å². The minimum absolute atomic E-state index is 0.311. The molecule has 14 heavy (non-hydrogen) atoms. The Balaban J connectivity index is 4.07. The minimum Gasteiger partial charge on any atom is -0.396 e. The van der Waals surface area contributed by atoms with E-state index in [1.54, 1.807) is 14.0 Å². The van der Waals surface area contributed by atoms with E-state index < -0.39 is 11.5 Å². The third kappa shape index (κ3) is 3.51. The van der Waals surface area contributed by atoms with Gasteiger partial charge >= 0.3 is 0 Å². The van der Waals surface area contributed by atoms with E-state index in [1.165, 1.54) is 0 Å². The number of aliphatic hydroxyl groups is 3. The molecule has 0 fully saturated rings. The summed E-state index contributed by atoms with van der Waals surface area (Å²) in [4.78, 5) is 0. The Kier molecular flexibility index (Phi) is 7.04. The highest BCUT2D eigenvalue weighted by molar-refractivity contribution is 4.83. The van der Waals surface area contributed by atoms with Gasteiger partial charge in [-0.3, -0.25) is 0 Å². The summed E-state index contributed by atoms with van der Waals surface area (Å²) < 4.78 is 10.1. The van der Waals surface area contributed by atoms with Gasteiger partial charge in [0, 0.05) is 7.11 Å². The van der Waals surface area contributed by atoms with E-state index in [2.05, 4.69) is 0 Å². The van der Waals surface area contributed by atoms with E-state index in [1.807, 2.05) is 0 Å². The SMILES string of the molecule is COCCOC(C)C(CO)(CO)CO. The summed E-state index contributed by atoms with van der Waals surface area (Å²) in [7, 11) is 1.56. The molecule has 0 amide bonds. The van der Waals surface area contributed by atoms with Gasteiger partial charge in [-0.2, -0.15) is 0 Å². The van der Waals surface area contributed by atoms with Crippen molar-refractivity contribution in [3.05, 3.63) is 0 Å². The van der Waals surface area contributed by atoms with Gasteiger partial charge in [0.2, 0.25) is 0 Å². The monoisotopic (exact) mass is 208 g/mol. The highest BCUT2D eigenvalue weighted by atomic mass is 16.5. The van der Waals surface area contributed by atoms with Gasteiger partial charge in [0.1, 0.15) is 0 Å². The lowest BCUT2D eigenvalue weighted by molar-refractivity contribution is -0.111. The molecule has 0 heterocycles. The van der Waals surface area contributed by atoms with Crippen LogP contribution in [0.2, 0.25) is 0 Å². The maximum atomic E-state index is 9.07. The van der Waals surface area contributed by atoms with Crippen LogP contribution >= 0.6 is 0 Å². The lowest BCUT2D eigenvalue weighted by Crippen LogP contribution is -2.45. The van der Waals surface area contributed by atoms with Gasteiger partial charge in [-0.15, -0.1) is 0 Å². The van der Waals surface area contributed by atoms with Crippen molar-refractivity contribution < 1.29 is 24.8 Å². The number of hydrogen-bond acceptors (Lipinski definition) is 5. The Morgan fingerprint density at radius 3 is 1.93 bits per heavy atom. The summed E-state index contributed by atoms with van der Waals surface area (Å²) in [5.41, 5.74) is -0.978. The first-order valence-corrected chi connectivity index (χ1v) is 4.60. The van der Waals surface area contributed by atoms with Crippen molar-refractivity contribution in [3.8, 4) is 0 Å². The van der Waals surface area contributed by atoms with E-state index >= 15 is 0 Å². The van der Waals surface area contributed by atoms with E-state index in [0.717, 1.165) is 0 Å². The number of methoxy groups -OCH3 is 1. The zero-order valence-corrected chi connectivity index (χ0v) is 8.77. The van der Waals surface area contributed by atoms with Crippen LogP contribution in [0.15, 0.2) is 0 Å². The first-order valence-electron chi connectivity index (χ1n) is 4.60. The molecular weight excluding hydrogens is 188 g/mol. The zero-order chi connectivity index (χ0) is 11.0. The van der Waals surface area contributed by atoms with Crippen LogP contribution in [-0.4, -0.2) is 61.6 Å². The van der Waals surface area contributed by atoms with Gasteiger partial charge in [-0.25, -0.2) is 0 Å². The Labute approximate surface area is 84.3 Å². The first kappa shape index (κ1) is 13.8. The van der Waals surface area contributed by atoms with Crippen molar-refractivity contribution in [2.45, 2.75) is 13.0 Å². The molecule has 1 atom stereocenters. The van der Waals surface area contributed by atoms with Crippen molar-refractivity contribution in [2.75, 3.05) is 40.1 Å². The molecule has 5 nitrogen and oxygen atoms in total. The molecule has 0 aromatic rings. The number of hydrogen-bond donors (Lipinski definition) is 3. The summed E-state index contributed by atoms with van der Waals surface area (Å²) in [6.07, 6.45) is -0.419. The van der Waals surface area contributed by atoms with E-state index in [9.17, 15) is 0 Å². The normalized spacial score (nSPS) is 14.4. The molecule has 0 aliphatic rings. The maximum absolute atomic E-state index is 9.07. The average Bonchev–Trinajstić information content (AvgIpc) is 2.22. The van der Waals surface area contributed by atoms with Crippen LogP contribution in [0.3, 0.4) is 0 Å². The van der Waals surface area contributed by atoms with Gasteiger partial charge in [0.05, 0.1) is 44.6 Å². The highest BCUT2D eigenvalue weighted by Crippen LogP contribution is 2.22. The zero-order valence-electron chi connectivity index (χ0n) is 8.77. The lowest BCUT2D eigenvalue weighted by atomic mass is 9.85. The molecule has 0 spiro atoms. The second-order valence-corrected chi connectivity index (χ2v) is 3.34. The molecule has 0 aromatic heterocycles. The molecule has 86 valence electrons. The molecule has 0 radical (unpaired) electrons. The van der Waals surface area contributed by atoms with Crippen molar-refractivity contribution in [3.63, 3.8) is 0 Å². The summed E-state index contributed by atoms with van der Waals surface area (Å²) in [5, 5.41) is 27.2. The molecule has 0 rings (SSSR count). The molecule has 0 bridgehead atoms. The van der Waals surface area contributed by atoms with E-state index in [-0.39, 0.29) is 19.8 Å². The molecule has 0 saturated carbocycles. The van der Waals surface area contributed by atoms with Crippen LogP contribution in [-0.2, 0) is 9.47 Å². The smallest absolute Gasteiger partial charge is 0.0704 e. The second kappa shape index (κ2) is 7.14. The van der Waals surface area contributed by atoms with Crippen LogP contribution in [0.1, 0.15) is 6.92 Å². The van der Waals surface area contributed by atoms with Crippen LogP contribution in [0.25, 0.3) is 0 Å². The topological polar surface area (TPSA) is 79.2 Å². The van der Waals surface area contributed by atoms with Crippen LogP contribution in [0.4, 0.5) is 0 Å². The summed E-state index contributed by atoms with van der Waals surface area (Å²) >= 11 is 0. The van der Waals surface area contributed by atoms with Crippen molar-refractivity contribution in [2.24, 2.45) is 5.41 Å². The van der Waals surface area contributed by atoms with Gasteiger partial charge in [-0.1, -0.05) is 0 Å². The fraction of sp³-hybridized carbons (Fsp3) is 1.00. The van der Waals surface area contributed by atoms with E-state index in [0.29, 0.717) is 13.2 Å². The van der Waals surface area contributed by atoms with Gasteiger partial charge in [0.15, 0.2) is 0 Å². The molecule has 0 saturated heterocycles. The predicted molar refractivity (Wildman–Crippen MR) is 51.0 cm³/mol. The average molecular weight is 208 g/mol. The minimum atomic E-state index is -0.978. The fourth-order valence-electron chi connectivity index (χ4n) is 1.02. The number of aliphatic hydroxyl groups excluding tert-OH is 3. The van der Waals surface area contributed by atoms with Gasteiger partial charge < -0.3 is 24.8 Å². The summed E-state index contributed by atoms with van der Waals surface area (Å²) in [6.45, 7) is 1.59. The molecule has 0 aromatic carbocycles. The number of rotatable bonds is 8. The van der Waals surface area contributed by atoms with Gasteiger partial charge in [0.25, 0.3) is 0 Å². The molecule has 5 heteroatoms. The summed E-state index contributed by atoms with van der Waals surface area (Å²) in [5.74, 6) is 0. The Hall–Kier alpha value is -0.200. The molecule has 0 aliphatic carbocycles. The van der Waals surface area contributed by atoms with E-state index in [4.69, 9.17) is 24.8 Å². The van der Waals surface area contributed by atoms with Crippen molar-refractivity contribution in [1.82, 2.24) is 0 Å². The number of ether oxygens (including phenoxy) is 2. The molecule has 1 unspecified atom stereocenters. The van der Waals surface area contributed by atoms with Crippen LogP contribution in [0, 0.1) is 5.41 Å². The molecule has 3 N–H and O–H groups in total. The van der Waals surface area contributed by atoms with Crippen molar-refractivity contribution in [1.29, 1.82) is 0 Å². The molecule has 0 aliphatic heterocycles. The largest absolute Gasteiger partial charge is 0.396 e. The summed E-state index contributed by atoms with van der Waals surface area (Å²) in [6, 6.07) is 0.